The van der Waals surface area contributed by atoms with Gasteiger partial charge in [0, 0.05) is 5.02 Å². The number of sulfonamides is 1. The molecule has 178 valence electrons. The summed E-state index contributed by atoms with van der Waals surface area (Å²) in [6.45, 7) is 5.47. The number of aryl methyl sites for hydroxylation is 4. The molecule has 0 saturated heterocycles. The Hall–Kier alpha value is -2.83. The van der Waals surface area contributed by atoms with Gasteiger partial charge in [-0.2, -0.15) is 0 Å². The van der Waals surface area contributed by atoms with Crippen molar-refractivity contribution in [2.45, 2.75) is 51.0 Å². The molecule has 0 radical (unpaired) electrons. The van der Waals surface area contributed by atoms with E-state index in [1.165, 1.54) is 35.4 Å². The van der Waals surface area contributed by atoms with Crippen LogP contribution in [0.25, 0.3) is 0 Å². The summed E-state index contributed by atoms with van der Waals surface area (Å²) in [7, 11) is -3.99. The normalized spacial score (nSPS) is 13.9. The topological polar surface area (TPSA) is 66.5 Å². The second-order valence-corrected chi connectivity index (χ2v) is 11.2. The van der Waals surface area contributed by atoms with Crippen molar-refractivity contribution in [3.63, 3.8) is 0 Å². The largest absolute Gasteiger partial charge is 0.348 e. The monoisotopic (exact) mass is 496 g/mol. The molecule has 0 aromatic heterocycles. The van der Waals surface area contributed by atoms with Gasteiger partial charge >= 0.3 is 0 Å². The number of carbonyl (C=O) groups excluding carboxylic acids is 1. The molecular formula is C27H29ClN2O3S. The van der Waals surface area contributed by atoms with E-state index in [9.17, 15) is 13.2 Å². The van der Waals surface area contributed by atoms with Gasteiger partial charge in [-0.3, -0.25) is 9.10 Å². The standard InChI is InChI=1S/C27H29ClN2O3S/c1-18-7-12-25(15-19(18)2)30(34(32,33)26-13-10-24(28)11-14-26)17-27(31)29-20(3)22-9-8-21-5-4-6-23(21)16-22/h7-16,20H,4-6,17H2,1-3H3,(H,29,31)/t20-/m1/s1. The van der Waals surface area contributed by atoms with Gasteiger partial charge in [0.15, 0.2) is 0 Å². The van der Waals surface area contributed by atoms with E-state index in [-0.39, 0.29) is 23.4 Å². The number of benzene rings is 3. The maximum absolute atomic E-state index is 13.6. The quantitative estimate of drug-likeness (QED) is 0.468. The van der Waals surface area contributed by atoms with Crippen molar-refractivity contribution < 1.29 is 13.2 Å². The van der Waals surface area contributed by atoms with Crippen molar-refractivity contribution in [3.8, 4) is 0 Å². The lowest BCUT2D eigenvalue weighted by Gasteiger charge is -2.26. The summed E-state index contributed by atoms with van der Waals surface area (Å²) in [4.78, 5) is 13.2. The summed E-state index contributed by atoms with van der Waals surface area (Å²) in [5, 5.41) is 3.42. The first kappa shape index (κ1) is 24.3. The average molecular weight is 497 g/mol. The van der Waals surface area contributed by atoms with Gasteiger partial charge in [0.25, 0.3) is 10.0 Å². The number of hydrogen-bond acceptors (Lipinski definition) is 3. The summed E-state index contributed by atoms with van der Waals surface area (Å²) in [6.07, 6.45) is 3.32. The summed E-state index contributed by atoms with van der Waals surface area (Å²) in [5.41, 5.74) is 6.16. The van der Waals surface area contributed by atoms with Crippen LogP contribution in [0.3, 0.4) is 0 Å². The van der Waals surface area contributed by atoms with E-state index in [0.717, 1.165) is 40.3 Å². The third kappa shape index (κ3) is 5.13. The first-order chi connectivity index (χ1) is 16.1. The number of hydrogen-bond donors (Lipinski definition) is 1. The zero-order chi connectivity index (χ0) is 24.5. The molecule has 0 aliphatic heterocycles. The molecule has 1 aliphatic carbocycles. The Bertz CT molecular complexity index is 1320. The zero-order valence-electron chi connectivity index (χ0n) is 19.6. The van der Waals surface area contributed by atoms with Crippen LogP contribution < -0.4 is 9.62 Å². The molecule has 7 heteroatoms. The van der Waals surface area contributed by atoms with Gasteiger partial charge in [-0.1, -0.05) is 35.9 Å². The minimum Gasteiger partial charge on any atom is -0.348 e. The molecule has 1 amide bonds. The highest BCUT2D eigenvalue weighted by Gasteiger charge is 2.28. The van der Waals surface area contributed by atoms with Crippen LogP contribution in [0.2, 0.25) is 5.02 Å². The van der Waals surface area contributed by atoms with Crippen LogP contribution in [0.4, 0.5) is 5.69 Å². The first-order valence-corrected chi connectivity index (χ1v) is 13.2. The molecular weight excluding hydrogens is 468 g/mol. The Balaban J connectivity index is 1.60. The molecule has 0 heterocycles. The third-order valence-corrected chi connectivity index (χ3v) is 8.51. The van der Waals surface area contributed by atoms with Crippen molar-refractivity contribution in [2.24, 2.45) is 0 Å². The number of anilines is 1. The fraction of sp³-hybridized carbons (Fsp3) is 0.296. The SMILES string of the molecule is Cc1ccc(N(CC(=O)N[C@H](C)c2ccc3c(c2)CCC3)S(=O)(=O)c2ccc(Cl)cc2)cc1C. The maximum atomic E-state index is 13.6. The van der Waals surface area contributed by atoms with E-state index in [1.807, 2.05) is 32.9 Å². The van der Waals surface area contributed by atoms with Gasteiger partial charge < -0.3 is 5.32 Å². The lowest BCUT2D eigenvalue weighted by Crippen LogP contribution is -2.41. The zero-order valence-corrected chi connectivity index (χ0v) is 21.2. The molecule has 34 heavy (non-hydrogen) atoms. The highest BCUT2D eigenvalue weighted by Crippen LogP contribution is 2.28. The van der Waals surface area contributed by atoms with Crippen LogP contribution in [-0.4, -0.2) is 20.9 Å². The van der Waals surface area contributed by atoms with Gasteiger partial charge in [-0.25, -0.2) is 8.42 Å². The van der Waals surface area contributed by atoms with E-state index in [0.29, 0.717) is 10.7 Å². The van der Waals surface area contributed by atoms with Crippen molar-refractivity contribution in [1.29, 1.82) is 0 Å². The number of amides is 1. The van der Waals surface area contributed by atoms with E-state index in [2.05, 4.69) is 17.4 Å². The van der Waals surface area contributed by atoms with E-state index < -0.39 is 10.0 Å². The lowest BCUT2D eigenvalue weighted by molar-refractivity contribution is -0.120. The van der Waals surface area contributed by atoms with Crippen LogP contribution in [0, 0.1) is 13.8 Å². The van der Waals surface area contributed by atoms with E-state index >= 15 is 0 Å². The minimum absolute atomic E-state index is 0.0783. The summed E-state index contributed by atoms with van der Waals surface area (Å²) >= 11 is 5.96. The number of carbonyl (C=O) groups is 1. The Morgan fingerprint density at radius 2 is 1.68 bits per heavy atom. The van der Waals surface area contributed by atoms with Crippen molar-refractivity contribution in [2.75, 3.05) is 10.8 Å². The van der Waals surface area contributed by atoms with Crippen LogP contribution in [0.5, 0.6) is 0 Å². The Morgan fingerprint density at radius 1 is 0.971 bits per heavy atom. The highest BCUT2D eigenvalue weighted by atomic mass is 35.5. The van der Waals surface area contributed by atoms with Gasteiger partial charge in [0.1, 0.15) is 6.54 Å². The van der Waals surface area contributed by atoms with Gasteiger partial charge in [0.2, 0.25) is 5.91 Å². The van der Waals surface area contributed by atoms with Crippen LogP contribution in [0.15, 0.2) is 65.6 Å². The maximum Gasteiger partial charge on any atom is 0.264 e. The molecule has 3 aromatic carbocycles. The number of fused-ring (bicyclic) bond motifs is 1. The molecule has 1 N–H and O–H groups in total. The second-order valence-electron chi connectivity index (χ2n) is 8.91. The molecule has 3 aromatic rings. The Morgan fingerprint density at radius 3 is 2.38 bits per heavy atom. The van der Waals surface area contributed by atoms with Crippen molar-refractivity contribution >= 4 is 33.2 Å². The molecule has 5 nitrogen and oxygen atoms in total. The molecule has 1 atom stereocenters. The Labute approximate surface area is 206 Å². The number of nitrogens with one attached hydrogen (secondary N) is 1. The van der Waals surface area contributed by atoms with Gasteiger partial charge in [-0.05, 0) is 104 Å². The van der Waals surface area contributed by atoms with Crippen LogP contribution in [0.1, 0.15) is 47.2 Å². The van der Waals surface area contributed by atoms with E-state index in [4.69, 9.17) is 11.6 Å². The molecule has 0 spiro atoms. The molecule has 0 bridgehead atoms. The van der Waals surface area contributed by atoms with Crippen molar-refractivity contribution in [3.05, 3.63) is 93.5 Å². The Kier molecular flexibility index (Phi) is 7.01. The number of halogens is 1. The molecule has 4 rings (SSSR count). The van der Waals surface area contributed by atoms with Gasteiger partial charge in [-0.15, -0.1) is 0 Å². The fourth-order valence-electron chi connectivity index (χ4n) is 4.29. The first-order valence-electron chi connectivity index (χ1n) is 11.4. The third-order valence-electron chi connectivity index (χ3n) is 6.47. The smallest absolute Gasteiger partial charge is 0.264 e. The molecule has 1 aliphatic rings. The summed E-state index contributed by atoms with van der Waals surface area (Å²) in [5.74, 6) is -0.372. The van der Waals surface area contributed by atoms with Crippen LogP contribution >= 0.6 is 11.6 Å². The fourth-order valence-corrected chi connectivity index (χ4v) is 5.83. The molecule has 0 fully saturated rings. The number of rotatable bonds is 7. The number of nitrogens with zero attached hydrogens (tertiary/aromatic N) is 1. The lowest BCUT2D eigenvalue weighted by atomic mass is 10.0. The summed E-state index contributed by atoms with van der Waals surface area (Å²) in [6, 6.07) is 17.4. The van der Waals surface area contributed by atoms with E-state index in [1.54, 1.807) is 12.1 Å². The predicted molar refractivity (Wildman–Crippen MR) is 137 cm³/mol. The molecule has 0 unspecified atom stereocenters. The predicted octanol–water partition coefficient (Wildman–Crippen LogP) is 5.52. The minimum atomic E-state index is -3.99. The second kappa shape index (κ2) is 9.80. The van der Waals surface area contributed by atoms with Gasteiger partial charge in [0.05, 0.1) is 16.6 Å². The summed E-state index contributed by atoms with van der Waals surface area (Å²) < 4.78 is 28.3. The highest BCUT2D eigenvalue weighted by molar-refractivity contribution is 7.92. The molecule has 0 saturated carbocycles. The van der Waals surface area contributed by atoms with Crippen LogP contribution in [-0.2, 0) is 27.7 Å². The van der Waals surface area contributed by atoms with Crippen molar-refractivity contribution in [1.82, 2.24) is 5.32 Å². The average Bonchev–Trinajstić information content (AvgIpc) is 3.27.